The van der Waals surface area contributed by atoms with Gasteiger partial charge in [0, 0.05) is 45.6 Å². The molecule has 2 aromatic heterocycles. The smallest absolute Gasteiger partial charge is 0.245 e. The number of rotatable bonds is 9. The molecule has 33 heavy (non-hydrogen) atoms. The lowest BCUT2D eigenvalue weighted by Gasteiger charge is -2.27. The number of nitrogens with zero attached hydrogens (tertiary/aromatic N) is 3. The normalized spacial score (nSPS) is 13.8. The minimum Gasteiger partial charge on any atom is -0.354 e. The summed E-state index contributed by atoms with van der Waals surface area (Å²) in [5, 5.41) is 2.70. The SMILES string of the molecule is Cc1cccnc1N(Cc1cnc([SiH3])s1)C(=O)C(C(=O)NCCS(C)(=N)=O)c1ccccc1. The number of benzene rings is 1. The van der Waals surface area contributed by atoms with E-state index in [0.717, 1.165) is 25.3 Å². The van der Waals surface area contributed by atoms with E-state index in [1.807, 2.05) is 19.1 Å². The van der Waals surface area contributed by atoms with Crippen molar-refractivity contribution in [2.75, 3.05) is 23.5 Å². The van der Waals surface area contributed by atoms with Crippen LogP contribution in [0.25, 0.3) is 0 Å². The predicted octanol–water partition coefficient (Wildman–Crippen LogP) is 0.947. The zero-order chi connectivity index (χ0) is 24.0. The van der Waals surface area contributed by atoms with Crippen molar-refractivity contribution in [1.82, 2.24) is 15.3 Å². The molecule has 2 heterocycles. The van der Waals surface area contributed by atoms with E-state index < -0.39 is 27.5 Å². The summed E-state index contributed by atoms with van der Waals surface area (Å²) in [6, 6.07) is 12.5. The highest BCUT2D eigenvalue weighted by molar-refractivity contribution is 7.91. The second-order valence-electron chi connectivity index (χ2n) is 7.76. The number of hydrogen-bond acceptors (Lipinski definition) is 7. The van der Waals surface area contributed by atoms with Crippen LogP contribution in [-0.4, -0.2) is 54.8 Å². The van der Waals surface area contributed by atoms with Gasteiger partial charge in [0.15, 0.2) is 0 Å². The molecule has 0 spiro atoms. The van der Waals surface area contributed by atoms with Gasteiger partial charge in [-0.1, -0.05) is 36.4 Å². The Kier molecular flexibility index (Phi) is 8.11. The highest BCUT2D eigenvalue weighted by Gasteiger charge is 2.34. The van der Waals surface area contributed by atoms with Gasteiger partial charge in [-0.15, -0.1) is 11.3 Å². The molecule has 2 amide bonds. The van der Waals surface area contributed by atoms with Gasteiger partial charge in [-0.25, -0.2) is 4.98 Å². The van der Waals surface area contributed by atoms with Crippen LogP contribution >= 0.6 is 11.3 Å². The van der Waals surface area contributed by atoms with E-state index >= 15 is 0 Å². The number of pyridine rings is 1. The van der Waals surface area contributed by atoms with Crippen molar-refractivity contribution in [3.05, 3.63) is 70.9 Å². The van der Waals surface area contributed by atoms with Crippen molar-refractivity contribution in [3.8, 4) is 0 Å². The first-order chi connectivity index (χ1) is 15.7. The van der Waals surface area contributed by atoms with Crippen molar-refractivity contribution >= 4 is 53.6 Å². The number of carbonyl (C=O) groups excluding carboxylic acids is 2. The number of anilines is 1. The molecule has 2 atom stereocenters. The molecule has 0 saturated carbocycles. The van der Waals surface area contributed by atoms with Gasteiger partial charge in [0.2, 0.25) is 11.8 Å². The second kappa shape index (κ2) is 10.8. The van der Waals surface area contributed by atoms with Gasteiger partial charge in [-0.2, -0.15) is 0 Å². The molecule has 0 radical (unpaired) electrons. The van der Waals surface area contributed by atoms with E-state index in [0.29, 0.717) is 11.4 Å². The Morgan fingerprint density at radius 2 is 1.94 bits per heavy atom. The third-order valence-corrected chi connectivity index (χ3v) is 7.67. The minimum absolute atomic E-state index is 0.0154. The summed E-state index contributed by atoms with van der Waals surface area (Å²) in [4.78, 5) is 38.4. The zero-order valence-electron chi connectivity index (χ0n) is 18.8. The Balaban J connectivity index is 1.98. The molecule has 2 N–H and O–H groups in total. The Bertz CT molecular complexity index is 1230. The van der Waals surface area contributed by atoms with Gasteiger partial charge in [0.25, 0.3) is 0 Å². The molecule has 3 aromatic rings. The summed E-state index contributed by atoms with van der Waals surface area (Å²) < 4.78 is 20.3. The third-order valence-electron chi connectivity index (χ3n) is 4.92. The number of hydrogen-bond donors (Lipinski definition) is 2. The van der Waals surface area contributed by atoms with Gasteiger partial charge >= 0.3 is 0 Å². The summed E-state index contributed by atoms with van der Waals surface area (Å²) in [6.45, 7) is 2.18. The molecule has 3 rings (SSSR count). The Labute approximate surface area is 200 Å². The van der Waals surface area contributed by atoms with E-state index in [1.165, 1.54) is 11.2 Å². The molecule has 8 nitrogen and oxygen atoms in total. The lowest BCUT2D eigenvalue weighted by Crippen LogP contribution is -2.43. The molecule has 2 unspecified atom stereocenters. The summed E-state index contributed by atoms with van der Waals surface area (Å²) in [5.41, 5.74) is 1.36. The standard InChI is InChI=1S/C22H27N5O3S2Si/c1-15-7-6-10-24-19(15)27(14-17-13-26-22(33)31-17)21(29)18(16-8-4-3-5-9-16)20(28)25-11-12-32(2,23)30/h3-10,13,18,23H,11-12,14H2,1-2,33H3,(H,25,28). The highest BCUT2D eigenvalue weighted by atomic mass is 32.2. The van der Waals surface area contributed by atoms with Gasteiger partial charge < -0.3 is 5.32 Å². The van der Waals surface area contributed by atoms with Crippen LogP contribution in [0.15, 0.2) is 54.9 Å². The topological polar surface area (TPSA) is 116 Å². The van der Waals surface area contributed by atoms with Crippen LogP contribution < -0.4 is 14.8 Å². The number of nitrogens with one attached hydrogen (secondary N) is 2. The minimum atomic E-state index is -2.76. The molecule has 0 fully saturated rings. The Morgan fingerprint density at radius 1 is 1.21 bits per heavy atom. The van der Waals surface area contributed by atoms with Crippen LogP contribution in [0.3, 0.4) is 0 Å². The monoisotopic (exact) mass is 501 g/mol. The van der Waals surface area contributed by atoms with Gasteiger partial charge in [-0.05, 0) is 24.1 Å². The highest BCUT2D eigenvalue weighted by Crippen LogP contribution is 2.26. The first-order valence-corrected chi connectivity index (χ1v) is 14.3. The number of carbonyl (C=O) groups is 2. The maximum Gasteiger partial charge on any atom is 0.245 e. The van der Waals surface area contributed by atoms with E-state index in [9.17, 15) is 13.8 Å². The number of aromatic nitrogens is 2. The first-order valence-electron chi connectivity index (χ1n) is 10.3. The van der Waals surface area contributed by atoms with Crippen LogP contribution in [-0.2, 0) is 25.9 Å². The number of amides is 2. The molecule has 0 bridgehead atoms. The van der Waals surface area contributed by atoms with E-state index in [1.54, 1.807) is 54.1 Å². The van der Waals surface area contributed by atoms with Gasteiger partial charge in [-0.3, -0.25) is 28.5 Å². The molecule has 11 heteroatoms. The second-order valence-corrected chi connectivity index (χ2v) is 13.2. The van der Waals surface area contributed by atoms with Crippen molar-refractivity contribution in [2.24, 2.45) is 0 Å². The fourth-order valence-electron chi connectivity index (χ4n) is 3.33. The quantitative estimate of drug-likeness (QED) is 0.335. The van der Waals surface area contributed by atoms with Crippen molar-refractivity contribution in [3.63, 3.8) is 0 Å². The van der Waals surface area contributed by atoms with Crippen LogP contribution in [0.2, 0.25) is 0 Å². The fraction of sp³-hybridized carbons (Fsp3) is 0.273. The predicted molar refractivity (Wildman–Crippen MR) is 136 cm³/mol. The fourth-order valence-corrected chi connectivity index (χ4v) is 5.52. The van der Waals surface area contributed by atoms with Gasteiger partial charge in [0.05, 0.1) is 21.4 Å². The average Bonchev–Trinajstić information content (AvgIpc) is 3.17. The molecular weight excluding hydrogens is 474 g/mol. The molecule has 0 saturated heterocycles. The average molecular weight is 502 g/mol. The van der Waals surface area contributed by atoms with Gasteiger partial charge in [0.1, 0.15) is 11.7 Å². The summed E-state index contributed by atoms with van der Waals surface area (Å²) >= 11 is 1.54. The van der Waals surface area contributed by atoms with E-state index in [4.69, 9.17) is 4.78 Å². The molecule has 0 aliphatic carbocycles. The summed E-state index contributed by atoms with van der Waals surface area (Å²) in [5.74, 6) is -1.52. The maximum atomic E-state index is 13.9. The Morgan fingerprint density at radius 3 is 2.55 bits per heavy atom. The maximum absolute atomic E-state index is 13.9. The van der Waals surface area contributed by atoms with Crippen molar-refractivity contribution < 1.29 is 13.8 Å². The molecule has 174 valence electrons. The molecule has 0 aliphatic rings. The first kappa shape index (κ1) is 24.7. The van der Waals surface area contributed by atoms with Crippen LogP contribution in [0.1, 0.15) is 21.9 Å². The molecule has 1 aromatic carbocycles. The zero-order valence-corrected chi connectivity index (χ0v) is 22.4. The lowest BCUT2D eigenvalue weighted by atomic mass is 9.96. The van der Waals surface area contributed by atoms with Crippen molar-refractivity contribution in [1.29, 1.82) is 4.78 Å². The third kappa shape index (κ3) is 6.79. The number of thiazole rings is 1. The van der Waals surface area contributed by atoms with E-state index in [2.05, 4.69) is 15.3 Å². The number of aryl methyl sites for hydroxylation is 1. The molecular formula is C22H27N5O3S2Si. The Hall–Kier alpha value is -2.89. The van der Waals surface area contributed by atoms with Crippen LogP contribution in [0.4, 0.5) is 5.82 Å². The van der Waals surface area contributed by atoms with Crippen molar-refractivity contribution in [2.45, 2.75) is 19.4 Å². The summed E-state index contributed by atoms with van der Waals surface area (Å²) in [6.07, 6.45) is 4.71. The largest absolute Gasteiger partial charge is 0.354 e. The van der Waals surface area contributed by atoms with Crippen LogP contribution in [0.5, 0.6) is 0 Å². The van der Waals surface area contributed by atoms with E-state index in [-0.39, 0.29) is 18.8 Å². The summed E-state index contributed by atoms with van der Waals surface area (Å²) in [7, 11) is -1.94. The molecule has 0 aliphatic heterocycles. The lowest BCUT2D eigenvalue weighted by molar-refractivity contribution is -0.130. The van der Waals surface area contributed by atoms with Crippen LogP contribution in [0, 0.1) is 11.7 Å².